The smallest absolute Gasteiger partial charge is 0.0865 e. The van der Waals surface area contributed by atoms with Crippen LogP contribution in [0.2, 0.25) is 0 Å². The molecule has 1 aliphatic heterocycles. The topological polar surface area (TPSA) is 46.9 Å². The third-order valence-electron chi connectivity index (χ3n) is 2.53. The molecule has 67 valence electrons. The Kier molecular flexibility index (Phi) is 4.06. The molecule has 3 heteroatoms. The number of rotatable bonds is 3. The molecule has 0 unspecified atom stereocenters. The van der Waals surface area contributed by atoms with Crippen molar-refractivity contribution in [1.29, 1.82) is 5.26 Å². The highest BCUT2D eigenvalue weighted by molar-refractivity contribution is 4.80. The minimum atomic E-state index is 0.0584. The lowest BCUT2D eigenvalue weighted by atomic mass is 9.94. The number of likely N-dealkylation sites (tertiary alicyclic amines) is 1. The highest BCUT2D eigenvalue weighted by Gasteiger charge is 2.17. The lowest BCUT2D eigenvalue weighted by molar-refractivity contribution is 0.136. The van der Waals surface area contributed by atoms with Crippen molar-refractivity contribution >= 4 is 0 Å². The van der Waals surface area contributed by atoms with Crippen LogP contribution in [0.25, 0.3) is 0 Å². The van der Waals surface area contributed by atoms with Gasteiger partial charge in [0.1, 0.15) is 0 Å². The van der Waals surface area contributed by atoms with Gasteiger partial charge in [-0.3, -0.25) is 4.90 Å². The molecule has 12 heavy (non-hydrogen) atoms. The van der Waals surface area contributed by atoms with Crippen molar-refractivity contribution in [3.8, 4) is 6.07 Å². The molecule has 0 N–H and O–H groups in total. The predicted octanol–water partition coefficient (Wildman–Crippen LogP) is 1.04. The minimum Gasteiger partial charge on any atom is -0.291 e. The van der Waals surface area contributed by atoms with Crippen LogP contribution in [0.15, 0.2) is 0 Å². The van der Waals surface area contributed by atoms with Crippen LogP contribution in [-0.2, 0) is 5.11 Å². The van der Waals surface area contributed by atoms with Gasteiger partial charge in [0, 0.05) is 0 Å². The summed E-state index contributed by atoms with van der Waals surface area (Å²) in [6.07, 6.45) is 3.02. The summed E-state index contributed by atoms with van der Waals surface area (Å²) in [4.78, 5) is 2.15. The summed E-state index contributed by atoms with van der Waals surface area (Å²) in [5.41, 5.74) is 0. The van der Waals surface area contributed by atoms with Gasteiger partial charge < -0.3 is 0 Å². The van der Waals surface area contributed by atoms with Crippen LogP contribution in [0, 0.1) is 17.2 Å². The third-order valence-corrected chi connectivity index (χ3v) is 2.53. The molecule has 0 saturated carbocycles. The van der Waals surface area contributed by atoms with Gasteiger partial charge in [0.2, 0.25) is 0 Å². The van der Waals surface area contributed by atoms with Gasteiger partial charge in [-0.25, -0.2) is 5.11 Å². The Hall–Kier alpha value is -0.590. The van der Waals surface area contributed by atoms with E-state index in [-0.39, 0.29) is 6.61 Å². The molecular weight excluding hydrogens is 152 g/mol. The van der Waals surface area contributed by atoms with Crippen molar-refractivity contribution in [2.24, 2.45) is 5.92 Å². The van der Waals surface area contributed by atoms with E-state index in [4.69, 9.17) is 5.26 Å². The maximum Gasteiger partial charge on any atom is 0.0865 e. The van der Waals surface area contributed by atoms with Gasteiger partial charge in [0.15, 0.2) is 0 Å². The van der Waals surface area contributed by atoms with E-state index in [2.05, 4.69) is 11.0 Å². The zero-order valence-corrected chi connectivity index (χ0v) is 7.33. The van der Waals surface area contributed by atoms with Crippen LogP contribution < -0.4 is 0 Å². The molecule has 1 rings (SSSR count). The lowest BCUT2D eigenvalue weighted by Gasteiger charge is -2.29. The zero-order chi connectivity index (χ0) is 8.81. The van der Waals surface area contributed by atoms with Crippen LogP contribution in [-0.4, -0.2) is 31.1 Å². The fourth-order valence-electron chi connectivity index (χ4n) is 1.70. The molecule has 0 aromatic rings. The first-order chi connectivity index (χ1) is 5.86. The van der Waals surface area contributed by atoms with E-state index >= 15 is 0 Å². The highest BCUT2D eigenvalue weighted by atomic mass is 16.3. The second kappa shape index (κ2) is 5.13. The zero-order valence-electron chi connectivity index (χ0n) is 7.33. The van der Waals surface area contributed by atoms with Crippen molar-refractivity contribution < 1.29 is 5.11 Å². The fraction of sp³-hybridized carbons (Fsp3) is 0.889. The Bertz CT molecular complexity index is 156. The monoisotopic (exact) mass is 167 g/mol. The SMILES string of the molecule is N#CCN1CCC(CC[O])CC1. The molecule has 0 aromatic carbocycles. The van der Waals surface area contributed by atoms with Crippen molar-refractivity contribution in [3.63, 3.8) is 0 Å². The average molecular weight is 167 g/mol. The van der Waals surface area contributed by atoms with Crippen LogP contribution in [0.5, 0.6) is 0 Å². The van der Waals surface area contributed by atoms with E-state index in [1.165, 1.54) is 0 Å². The number of nitriles is 1. The summed E-state index contributed by atoms with van der Waals surface area (Å²) in [6, 6.07) is 2.15. The van der Waals surface area contributed by atoms with Crippen molar-refractivity contribution in [1.82, 2.24) is 4.90 Å². The van der Waals surface area contributed by atoms with Crippen molar-refractivity contribution in [3.05, 3.63) is 0 Å². The first kappa shape index (κ1) is 9.50. The van der Waals surface area contributed by atoms with Gasteiger partial charge in [-0.05, 0) is 38.3 Å². The van der Waals surface area contributed by atoms with Gasteiger partial charge in [-0.15, -0.1) is 0 Å². The molecule has 0 aromatic heterocycles. The number of nitrogens with zero attached hydrogens (tertiary/aromatic N) is 2. The van der Waals surface area contributed by atoms with Crippen LogP contribution in [0.4, 0.5) is 0 Å². The van der Waals surface area contributed by atoms with Gasteiger partial charge >= 0.3 is 0 Å². The Morgan fingerprint density at radius 1 is 1.42 bits per heavy atom. The fourth-order valence-corrected chi connectivity index (χ4v) is 1.70. The lowest BCUT2D eigenvalue weighted by Crippen LogP contribution is -2.34. The van der Waals surface area contributed by atoms with E-state index in [1.54, 1.807) is 0 Å². The molecule has 1 radical (unpaired) electrons. The molecule has 1 aliphatic rings. The number of hydrogen-bond acceptors (Lipinski definition) is 2. The molecule has 3 nitrogen and oxygen atoms in total. The van der Waals surface area contributed by atoms with E-state index in [0.29, 0.717) is 12.5 Å². The summed E-state index contributed by atoms with van der Waals surface area (Å²) in [5.74, 6) is 0.623. The summed E-state index contributed by atoms with van der Waals surface area (Å²) in [5, 5.41) is 18.8. The van der Waals surface area contributed by atoms with Crippen LogP contribution in [0.3, 0.4) is 0 Å². The Labute approximate surface area is 73.6 Å². The standard InChI is InChI=1S/C9H15N2O/c10-4-7-11-5-1-9(2-6-11)3-8-12/h9H,1-3,5-8H2. The molecule has 0 spiro atoms. The molecule has 0 aliphatic carbocycles. The minimum absolute atomic E-state index is 0.0584. The Morgan fingerprint density at radius 2 is 2.08 bits per heavy atom. The molecule has 1 heterocycles. The first-order valence-corrected chi connectivity index (χ1v) is 4.54. The summed E-state index contributed by atoms with van der Waals surface area (Å²) in [7, 11) is 0. The van der Waals surface area contributed by atoms with E-state index in [0.717, 1.165) is 32.4 Å². The van der Waals surface area contributed by atoms with Crippen molar-refractivity contribution in [2.45, 2.75) is 19.3 Å². The van der Waals surface area contributed by atoms with Crippen LogP contribution in [0.1, 0.15) is 19.3 Å². The Morgan fingerprint density at radius 3 is 2.58 bits per heavy atom. The molecule has 1 fully saturated rings. The van der Waals surface area contributed by atoms with E-state index in [9.17, 15) is 5.11 Å². The largest absolute Gasteiger partial charge is 0.291 e. The number of piperidine rings is 1. The van der Waals surface area contributed by atoms with Gasteiger partial charge in [0.05, 0.1) is 19.2 Å². The quantitative estimate of drug-likeness (QED) is 0.590. The van der Waals surface area contributed by atoms with Crippen LogP contribution >= 0.6 is 0 Å². The second-order valence-electron chi connectivity index (χ2n) is 3.37. The summed E-state index contributed by atoms with van der Waals surface area (Å²) in [6.45, 7) is 2.60. The summed E-state index contributed by atoms with van der Waals surface area (Å²) < 4.78 is 0. The normalized spacial score (nSPS) is 20.7. The van der Waals surface area contributed by atoms with Crippen molar-refractivity contribution in [2.75, 3.05) is 26.2 Å². The first-order valence-electron chi connectivity index (χ1n) is 4.54. The maximum atomic E-state index is 10.3. The third kappa shape index (κ3) is 2.80. The molecule has 0 amide bonds. The molecular formula is C9H15N2O. The number of hydrogen-bond donors (Lipinski definition) is 0. The second-order valence-corrected chi connectivity index (χ2v) is 3.37. The van der Waals surface area contributed by atoms with Gasteiger partial charge in [-0.2, -0.15) is 5.26 Å². The Balaban J connectivity index is 2.16. The van der Waals surface area contributed by atoms with E-state index in [1.807, 2.05) is 0 Å². The molecule has 0 bridgehead atoms. The maximum absolute atomic E-state index is 10.3. The molecule has 1 saturated heterocycles. The summed E-state index contributed by atoms with van der Waals surface area (Å²) >= 11 is 0. The molecule has 0 atom stereocenters. The predicted molar refractivity (Wildman–Crippen MR) is 44.9 cm³/mol. The highest BCUT2D eigenvalue weighted by Crippen LogP contribution is 2.19. The van der Waals surface area contributed by atoms with E-state index < -0.39 is 0 Å². The van der Waals surface area contributed by atoms with Gasteiger partial charge in [-0.1, -0.05) is 0 Å². The average Bonchev–Trinajstić information content (AvgIpc) is 2.09. The van der Waals surface area contributed by atoms with Gasteiger partial charge in [0.25, 0.3) is 0 Å².